The first-order chi connectivity index (χ1) is 7.06. The normalized spacial score (nSPS) is 25.0. The van der Waals surface area contributed by atoms with Crippen LogP contribution >= 0.6 is 0 Å². The first kappa shape index (κ1) is 11.4. The summed E-state index contributed by atoms with van der Waals surface area (Å²) >= 11 is 0. The van der Waals surface area contributed by atoms with Crippen molar-refractivity contribution < 1.29 is 24.6 Å². The summed E-state index contributed by atoms with van der Waals surface area (Å²) in [6, 6.07) is -0.999. The van der Waals surface area contributed by atoms with Gasteiger partial charge in [-0.3, -0.25) is 9.59 Å². The first-order valence-electron chi connectivity index (χ1n) is 4.43. The smallest absolute Gasteiger partial charge is 0.326 e. The molecule has 0 aromatic heterocycles. The maximum atomic E-state index is 11.4. The van der Waals surface area contributed by atoms with Crippen molar-refractivity contribution in [2.45, 2.75) is 18.6 Å². The third-order valence-electron chi connectivity index (χ3n) is 2.22. The molecule has 1 aliphatic heterocycles. The Morgan fingerprint density at radius 1 is 1.53 bits per heavy atom. The zero-order chi connectivity index (χ0) is 11.4. The van der Waals surface area contributed by atoms with E-state index in [1.165, 1.54) is 0 Å². The number of aliphatic carboxylic acids is 1. The molecule has 1 aliphatic rings. The van der Waals surface area contributed by atoms with Crippen molar-refractivity contribution in [3.8, 4) is 0 Å². The number of carbonyl (C=O) groups excluding carboxylic acids is 2. The summed E-state index contributed by atoms with van der Waals surface area (Å²) in [5, 5.41) is 20.2. The molecule has 84 valence electrons. The van der Waals surface area contributed by atoms with Crippen LogP contribution in [0.1, 0.15) is 6.42 Å². The van der Waals surface area contributed by atoms with Gasteiger partial charge >= 0.3 is 5.97 Å². The average Bonchev–Trinajstić information content (AvgIpc) is 2.57. The summed E-state index contributed by atoms with van der Waals surface area (Å²) in [6.45, 7) is -0.254. The van der Waals surface area contributed by atoms with Crippen LogP contribution < -0.4 is 5.32 Å². The van der Waals surface area contributed by atoms with E-state index in [9.17, 15) is 19.5 Å². The Balaban J connectivity index is 2.62. The van der Waals surface area contributed by atoms with E-state index in [2.05, 4.69) is 5.32 Å². The van der Waals surface area contributed by atoms with Crippen LogP contribution in [-0.4, -0.2) is 58.6 Å². The number of hydrogen-bond acceptors (Lipinski definition) is 4. The van der Waals surface area contributed by atoms with Crippen molar-refractivity contribution in [3.05, 3.63) is 0 Å². The number of aliphatic hydroxyl groups excluding tert-OH is 1. The molecule has 1 rings (SSSR count). The van der Waals surface area contributed by atoms with Gasteiger partial charge in [0.05, 0.1) is 12.6 Å². The molecule has 2 atom stereocenters. The van der Waals surface area contributed by atoms with Gasteiger partial charge in [-0.25, -0.2) is 4.79 Å². The van der Waals surface area contributed by atoms with E-state index >= 15 is 0 Å². The van der Waals surface area contributed by atoms with Crippen LogP contribution in [-0.2, 0) is 14.4 Å². The molecule has 2 amide bonds. The molecule has 0 aromatic rings. The molecule has 0 spiro atoms. The van der Waals surface area contributed by atoms with Crippen molar-refractivity contribution in [2.24, 2.45) is 0 Å². The number of carboxylic acid groups (broad SMARTS) is 1. The highest BCUT2D eigenvalue weighted by Crippen LogP contribution is 2.17. The summed E-state index contributed by atoms with van der Waals surface area (Å²) in [6.07, 6.45) is -0.422. The molecule has 1 fully saturated rings. The fourth-order valence-electron chi connectivity index (χ4n) is 1.55. The second-order valence-electron chi connectivity index (χ2n) is 3.29. The fourth-order valence-corrected chi connectivity index (χ4v) is 1.55. The van der Waals surface area contributed by atoms with E-state index in [4.69, 9.17) is 5.11 Å². The van der Waals surface area contributed by atoms with Gasteiger partial charge in [0.25, 0.3) is 0 Å². The Morgan fingerprint density at radius 3 is 2.73 bits per heavy atom. The lowest BCUT2D eigenvalue weighted by Crippen LogP contribution is -2.44. The number of amides is 2. The Kier molecular flexibility index (Phi) is 3.62. The van der Waals surface area contributed by atoms with E-state index in [1.807, 2.05) is 0 Å². The third-order valence-corrected chi connectivity index (χ3v) is 2.22. The third kappa shape index (κ3) is 2.66. The molecular weight excluding hydrogens is 204 g/mol. The number of nitrogens with zero attached hydrogens (tertiary/aromatic N) is 1. The first-order valence-corrected chi connectivity index (χ1v) is 4.43. The summed E-state index contributed by atoms with van der Waals surface area (Å²) in [5.74, 6) is -1.66. The maximum absolute atomic E-state index is 11.4. The Morgan fingerprint density at radius 2 is 2.20 bits per heavy atom. The average molecular weight is 216 g/mol. The number of β-amino-alcohol motifs (C(OH)–C–C–N with tert-alkyl or cyclic N) is 1. The Hall–Kier alpha value is -1.63. The van der Waals surface area contributed by atoms with Crippen molar-refractivity contribution in [2.75, 3.05) is 13.1 Å². The molecule has 0 aliphatic carbocycles. The summed E-state index contributed by atoms with van der Waals surface area (Å²) in [4.78, 5) is 33.2. The van der Waals surface area contributed by atoms with Crippen LogP contribution in [0, 0.1) is 0 Å². The van der Waals surface area contributed by atoms with Gasteiger partial charge in [-0.1, -0.05) is 0 Å². The fraction of sp³-hybridized carbons (Fsp3) is 0.625. The van der Waals surface area contributed by atoms with Crippen LogP contribution in [0.5, 0.6) is 0 Å². The zero-order valence-corrected chi connectivity index (χ0v) is 7.92. The van der Waals surface area contributed by atoms with E-state index in [-0.39, 0.29) is 19.5 Å². The number of hydrogen-bond donors (Lipinski definition) is 3. The van der Waals surface area contributed by atoms with E-state index < -0.39 is 24.0 Å². The molecule has 1 heterocycles. The summed E-state index contributed by atoms with van der Waals surface area (Å²) in [5.41, 5.74) is 0. The second-order valence-corrected chi connectivity index (χ2v) is 3.29. The molecule has 0 saturated carbocycles. The quantitative estimate of drug-likeness (QED) is 0.461. The standard InChI is InChI=1S/C8H12N2O5/c11-4-9-2-7(13)10-3-5(12)1-6(10)8(14)15/h4-6,12H,1-3H2,(H,9,11)(H,14,15). The lowest BCUT2D eigenvalue weighted by atomic mass is 10.2. The molecular formula is C8H12N2O5. The lowest BCUT2D eigenvalue weighted by molar-refractivity contribution is -0.147. The van der Waals surface area contributed by atoms with Gasteiger partial charge < -0.3 is 20.4 Å². The summed E-state index contributed by atoms with van der Waals surface area (Å²) < 4.78 is 0. The van der Waals surface area contributed by atoms with E-state index in [0.717, 1.165) is 4.90 Å². The predicted molar refractivity (Wildman–Crippen MR) is 47.8 cm³/mol. The maximum Gasteiger partial charge on any atom is 0.326 e. The van der Waals surface area contributed by atoms with Gasteiger partial charge in [-0.05, 0) is 0 Å². The Bertz CT molecular complexity index is 280. The minimum absolute atomic E-state index is 0.00363. The van der Waals surface area contributed by atoms with Crippen LogP contribution in [0.25, 0.3) is 0 Å². The van der Waals surface area contributed by atoms with Crippen molar-refractivity contribution in [1.29, 1.82) is 0 Å². The molecule has 0 radical (unpaired) electrons. The number of nitrogens with one attached hydrogen (secondary N) is 1. The highest BCUT2D eigenvalue weighted by atomic mass is 16.4. The second kappa shape index (κ2) is 4.74. The van der Waals surface area contributed by atoms with Gasteiger partial charge in [0.15, 0.2) is 0 Å². The van der Waals surface area contributed by atoms with Crippen molar-refractivity contribution in [1.82, 2.24) is 10.2 Å². The van der Waals surface area contributed by atoms with Gasteiger partial charge in [0.1, 0.15) is 6.04 Å². The predicted octanol–water partition coefficient (Wildman–Crippen LogP) is -2.22. The van der Waals surface area contributed by atoms with Gasteiger partial charge in [0.2, 0.25) is 12.3 Å². The van der Waals surface area contributed by atoms with Crippen molar-refractivity contribution >= 4 is 18.3 Å². The minimum Gasteiger partial charge on any atom is -0.480 e. The van der Waals surface area contributed by atoms with Gasteiger partial charge in [-0.2, -0.15) is 0 Å². The Labute approximate surface area is 85.7 Å². The number of aliphatic hydroxyl groups is 1. The van der Waals surface area contributed by atoms with Gasteiger partial charge in [0, 0.05) is 13.0 Å². The van der Waals surface area contributed by atoms with Crippen LogP contribution in [0.3, 0.4) is 0 Å². The number of rotatable bonds is 4. The number of carboxylic acids is 1. The van der Waals surface area contributed by atoms with Crippen LogP contribution in [0.15, 0.2) is 0 Å². The molecule has 2 unspecified atom stereocenters. The number of carbonyl (C=O) groups is 3. The van der Waals surface area contributed by atoms with Crippen LogP contribution in [0.2, 0.25) is 0 Å². The zero-order valence-electron chi connectivity index (χ0n) is 7.92. The van der Waals surface area contributed by atoms with E-state index in [0.29, 0.717) is 6.41 Å². The van der Waals surface area contributed by atoms with E-state index in [1.54, 1.807) is 0 Å². The minimum atomic E-state index is -1.15. The monoisotopic (exact) mass is 216 g/mol. The largest absolute Gasteiger partial charge is 0.480 e. The van der Waals surface area contributed by atoms with Gasteiger partial charge in [-0.15, -0.1) is 0 Å². The van der Waals surface area contributed by atoms with Crippen molar-refractivity contribution in [3.63, 3.8) is 0 Å². The molecule has 1 saturated heterocycles. The summed E-state index contributed by atoms with van der Waals surface area (Å²) in [7, 11) is 0. The lowest BCUT2D eigenvalue weighted by Gasteiger charge is -2.20. The number of likely N-dealkylation sites (tertiary alicyclic amines) is 1. The SMILES string of the molecule is O=CNCC(=O)N1CC(O)CC1C(=O)O. The molecule has 7 nitrogen and oxygen atoms in total. The molecule has 0 aromatic carbocycles. The molecule has 15 heavy (non-hydrogen) atoms. The van der Waals surface area contributed by atoms with Crippen LogP contribution in [0.4, 0.5) is 0 Å². The molecule has 0 bridgehead atoms. The highest BCUT2D eigenvalue weighted by Gasteiger charge is 2.38. The molecule has 7 heteroatoms. The highest BCUT2D eigenvalue weighted by molar-refractivity contribution is 5.86. The topological polar surface area (TPSA) is 107 Å². The molecule has 3 N–H and O–H groups in total.